The molecule has 1 fully saturated rings. The maximum Gasteiger partial charge on any atom is 0.0142 e. The third kappa shape index (κ3) is 3.74. The minimum absolute atomic E-state index is 0.767. The summed E-state index contributed by atoms with van der Waals surface area (Å²) in [5.41, 5.74) is 7.39. The molecule has 138 valence electrons. The Hall–Kier alpha value is -1.60. The lowest BCUT2D eigenvalue weighted by atomic mass is 9.85. The Kier molecular flexibility index (Phi) is 5.45. The van der Waals surface area contributed by atoms with E-state index in [2.05, 4.69) is 61.2 Å². The van der Waals surface area contributed by atoms with E-state index >= 15 is 0 Å². The van der Waals surface area contributed by atoms with E-state index in [0.29, 0.717) is 0 Å². The molecular weight excluding hydrogens is 314 g/mol. The molecular formula is C25H33N. The van der Waals surface area contributed by atoms with Gasteiger partial charge in [-0.05, 0) is 86.2 Å². The van der Waals surface area contributed by atoms with Gasteiger partial charge in [-0.2, -0.15) is 0 Å². The number of hydrogen-bond acceptors (Lipinski definition) is 1. The van der Waals surface area contributed by atoms with Gasteiger partial charge in [-0.1, -0.05) is 55.8 Å². The van der Waals surface area contributed by atoms with E-state index in [1.807, 2.05) is 0 Å². The first kappa shape index (κ1) is 17.8. The molecule has 0 saturated carbocycles. The standard InChI is InChI=1S/C25H33N/c1-3-4-7-20-8-10-21(11-9-20)22-12-13-24-18-25(15-14-23(24)17-22)26-16-5-6-19(26)2/h8-13,17,19,25H,3-7,14-16,18H2,1-2H3. The molecule has 2 aromatic rings. The van der Waals surface area contributed by atoms with Crippen LogP contribution in [0.15, 0.2) is 42.5 Å². The van der Waals surface area contributed by atoms with Crippen molar-refractivity contribution in [1.82, 2.24) is 4.90 Å². The lowest BCUT2D eigenvalue weighted by molar-refractivity contribution is 0.174. The SMILES string of the molecule is CCCCc1ccc(-c2ccc3c(c2)CCC(N2CCCC2C)C3)cc1. The normalized spacial score (nSPS) is 23.2. The van der Waals surface area contributed by atoms with Gasteiger partial charge in [0.25, 0.3) is 0 Å². The van der Waals surface area contributed by atoms with E-state index in [4.69, 9.17) is 0 Å². The minimum Gasteiger partial charge on any atom is -0.297 e. The highest BCUT2D eigenvalue weighted by Gasteiger charge is 2.30. The van der Waals surface area contributed by atoms with Gasteiger partial charge in [-0.25, -0.2) is 0 Å². The Balaban J connectivity index is 1.48. The Morgan fingerprint density at radius 2 is 1.77 bits per heavy atom. The van der Waals surface area contributed by atoms with Crippen molar-refractivity contribution in [2.24, 2.45) is 0 Å². The molecule has 0 radical (unpaired) electrons. The molecule has 1 saturated heterocycles. The summed E-state index contributed by atoms with van der Waals surface area (Å²) in [5.74, 6) is 0. The van der Waals surface area contributed by atoms with Gasteiger partial charge < -0.3 is 0 Å². The van der Waals surface area contributed by atoms with E-state index in [9.17, 15) is 0 Å². The second kappa shape index (κ2) is 7.96. The summed E-state index contributed by atoms with van der Waals surface area (Å²) < 4.78 is 0. The zero-order valence-electron chi connectivity index (χ0n) is 16.5. The van der Waals surface area contributed by atoms with E-state index in [-0.39, 0.29) is 0 Å². The molecule has 2 atom stereocenters. The van der Waals surface area contributed by atoms with Gasteiger partial charge in [0.15, 0.2) is 0 Å². The molecule has 0 amide bonds. The van der Waals surface area contributed by atoms with Crippen molar-refractivity contribution >= 4 is 0 Å². The zero-order valence-corrected chi connectivity index (χ0v) is 16.5. The van der Waals surface area contributed by atoms with Crippen molar-refractivity contribution in [2.75, 3.05) is 6.54 Å². The molecule has 1 aliphatic heterocycles. The summed E-state index contributed by atoms with van der Waals surface area (Å²) in [6.07, 6.45) is 10.3. The van der Waals surface area contributed by atoms with Crippen molar-refractivity contribution in [2.45, 2.75) is 77.3 Å². The molecule has 0 bridgehead atoms. The maximum absolute atomic E-state index is 2.77. The Labute approximate surface area is 159 Å². The molecule has 1 aliphatic carbocycles. The number of benzene rings is 2. The predicted octanol–water partition coefficient (Wildman–Crippen LogP) is 6.04. The lowest BCUT2D eigenvalue weighted by Crippen LogP contribution is -2.41. The van der Waals surface area contributed by atoms with E-state index in [1.54, 1.807) is 11.1 Å². The number of hydrogen-bond donors (Lipinski definition) is 0. The topological polar surface area (TPSA) is 3.24 Å². The van der Waals surface area contributed by atoms with Crippen LogP contribution in [0.5, 0.6) is 0 Å². The molecule has 4 rings (SSSR count). The summed E-state index contributed by atoms with van der Waals surface area (Å²) in [7, 11) is 0. The fourth-order valence-corrected chi connectivity index (χ4v) is 4.94. The summed E-state index contributed by atoms with van der Waals surface area (Å²) in [4.78, 5) is 2.77. The average Bonchev–Trinajstić information content (AvgIpc) is 3.12. The Morgan fingerprint density at radius 3 is 2.50 bits per heavy atom. The highest BCUT2D eigenvalue weighted by atomic mass is 15.2. The fourth-order valence-electron chi connectivity index (χ4n) is 4.94. The average molecular weight is 348 g/mol. The third-order valence-electron chi connectivity index (χ3n) is 6.59. The molecule has 26 heavy (non-hydrogen) atoms. The minimum atomic E-state index is 0.767. The van der Waals surface area contributed by atoms with Crippen LogP contribution in [-0.2, 0) is 19.3 Å². The number of rotatable bonds is 5. The molecule has 1 nitrogen and oxygen atoms in total. The number of unbranched alkanes of at least 4 members (excludes halogenated alkanes) is 1. The second-order valence-corrected chi connectivity index (χ2v) is 8.41. The summed E-state index contributed by atoms with van der Waals surface area (Å²) in [6.45, 7) is 5.98. The number of nitrogens with zero attached hydrogens (tertiary/aromatic N) is 1. The monoisotopic (exact) mass is 347 g/mol. The van der Waals surface area contributed by atoms with Crippen LogP contribution in [0.4, 0.5) is 0 Å². The van der Waals surface area contributed by atoms with Crippen molar-refractivity contribution < 1.29 is 0 Å². The smallest absolute Gasteiger partial charge is 0.0142 e. The zero-order chi connectivity index (χ0) is 17.9. The van der Waals surface area contributed by atoms with Gasteiger partial charge in [0.05, 0.1) is 0 Å². The lowest BCUT2D eigenvalue weighted by Gasteiger charge is -2.35. The molecule has 1 heterocycles. The second-order valence-electron chi connectivity index (χ2n) is 8.41. The summed E-state index contributed by atoms with van der Waals surface area (Å²) in [5, 5.41) is 0. The van der Waals surface area contributed by atoms with Crippen LogP contribution in [0.3, 0.4) is 0 Å². The highest BCUT2D eigenvalue weighted by Crippen LogP contribution is 2.32. The molecule has 2 unspecified atom stereocenters. The van der Waals surface area contributed by atoms with E-state index in [0.717, 1.165) is 12.1 Å². The molecule has 2 aliphatic rings. The van der Waals surface area contributed by atoms with Gasteiger partial charge in [0.2, 0.25) is 0 Å². The number of likely N-dealkylation sites (tertiary alicyclic amines) is 1. The largest absolute Gasteiger partial charge is 0.297 e. The molecule has 0 spiro atoms. The van der Waals surface area contributed by atoms with Gasteiger partial charge in [0.1, 0.15) is 0 Å². The summed E-state index contributed by atoms with van der Waals surface area (Å²) in [6, 6.07) is 18.0. The van der Waals surface area contributed by atoms with Gasteiger partial charge >= 0.3 is 0 Å². The van der Waals surface area contributed by atoms with Crippen molar-refractivity contribution in [1.29, 1.82) is 0 Å². The predicted molar refractivity (Wildman–Crippen MR) is 112 cm³/mol. The van der Waals surface area contributed by atoms with Crippen LogP contribution >= 0.6 is 0 Å². The fraction of sp³-hybridized carbons (Fsp3) is 0.520. The Morgan fingerprint density at radius 1 is 0.962 bits per heavy atom. The summed E-state index contributed by atoms with van der Waals surface area (Å²) >= 11 is 0. The van der Waals surface area contributed by atoms with Crippen LogP contribution in [0.2, 0.25) is 0 Å². The maximum atomic E-state index is 2.77. The number of fused-ring (bicyclic) bond motifs is 1. The van der Waals surface area contributed by atoms with Crippen molar-refractivity contribution in [3.63, 3.8) is 0 Å². The van der Waals surface area contributed by atoms with E-state index in [1.165, 1.54) is 74.6 Å². The van der Waals surface area contributed by atoms with Crippen molar-refractivity contribution in [3.8, 4) is 11.1 Å². The van der Waals surface area contributed by atoms with Crippen LogP contribution in [0.1, 0.15) is 62.6 Å². The van der Waals surface area contributed by atoms with Crippen LogP contribution in [0, 0.1) is 0 Å². The molecule has 0 N–H and O–H groups in total. The van der Waals surface area contributed by atoms with Gasteiger partial charge in [0, 0.05) is 12.1 Å². The molecule has 0 aromatic heterocycles. The van der Waals surface area contributed by atoms with Crippen LogP contribution < -0.4 is 0 Å². The quantitative estimate of drug-likeness (QED) is 0.637. The number of aryl methyl sites for hydroxylation is 2. The third-order valence-corrected chi connectivity index (χ3v) is 6.59. The Bertz CT molecular complexity index is 730. The van der Waals surface area contributed by atoms with Gasteiger partial charge in [-0.15, -0.1) is 0 Å². The van der Waals surface area contributed by atoms with Crippen molar-refractivity contribution in [3.05, 3.63) is 59.2 Å². The van der Waals surface area contributed by atoms with Gasteiger partial charge in [-0.3, -0.25) is 4.90 Å². The first-order chi connectivity index (χ1) is 12.7. The molecule has 2 aromatic carbocycles. The highest BCUT2D eigenvalue weighted by molar-refractivity contribution is 5.65. The molecule has 1 heteroatoms. The van der Waals surface area contributed by atoms with Crippen LogP contribution in [-0.4, -0.2) is 23.5 Å². The van der Waals surface area contributed by atoms with Crippen LogP contribution in [0.25, 0.3) is 11.1 Å². The van der Waals surface area contributed by atoms with E-state index < -0.39 is 0 Å². The first-order valence-electron chi connectivity index (χ1n) is 10.7. The first-order valence-corrected chi connectivity index (χ1v) is 10.7.